The molecule has 5 nitrogen and oxygen atoms in total. The van der Waals surface area contributed by atoms with Crippen molar-refractivity contribution in [2.45, 2.75) is 0 Å². The first kappa shape index (κ1) is 12.2. The van der Waals surface area contributed by atoms with Gasteiger partial charge in [0, 0.05) is 0 Å². The van der Waals surface area contributed by atoms with Crippen LogP contribution in [0.2, 0.25) is 0 Å². The van der Waals surface area contributed by atoms with Crippen molar-refractivity contribution >= 4 is 36.4 Å². The van der Waals surface area contributed by atoms with Crippen LogP contribution in [0.1, 0.15) is 11.1 Å². The van der Waals surface area contributed by atoms with Crippen molar-refractivity contribution in [1.82, 2.24) is 4.98 Å². The van der Waals surface area contributed by atoms with Gasteiger partial charge in [0.05, 0.1) is 0 Å². The zero-order chi connectivity index (χ0) is 13.4. The van der Waals surface area contributed by atoms with Crippen LogP contribution in [0.5, 0.6) is 0 Å². The summed E-state index contributed by atoms with van der Waals surface area (Å²) in [4.78, 5) is 13.9. The third-order valence-electron chi connectivity index (χ3n) is 2.76. The number of halogens is 1. The molecule has 7 heteroatoms. The summed E-state index contributed by atoms with van der Waals surface area (Å²) in [7, 11) is 0. The number of pyridine rings is 1. The van der Waals surface area contributed by atoms with Gasteiger partial charge in [-0.05, 0) is 0 Å². The van der Waals surface area contributed by atoms with Crippen molar-refractivity contribution in [3.8, 4) is 0 Å². The topological polar surface area (TPSA) is 68.4 Å². The molecule has 2 heterocycles. The Morgan fingerprint density at radius 3 is 2.84 bits per heavy atom. The Morgan fingerprint density at radius 2 is 2.11 bits per heavy atom. The maximum absolute atomic E-state index is 13.1. The average molecular weight is 362 g/mol. The van der Waals surface area contributed by atoms with Crippen molar-refractivity contribution in [1.29, 1.82) is 0 Å². The Labute approximate surface area is 117 Å². The summed E-state index contributed by atoms with van der Waals surface area (Å²) >= 11 is -1.12. The molecule has 0 atom stereocenters. The molecule has 19 heavy (non-hydrogen) atoms. The van der Waals surface area contributed by atoms with E-state index in [1.54, 1.807) is 12.1 Å². The molecule has 1 aliphatic heterocycles. The van der Waals surface area contributed by atoms with Crippen LogP contribution in [-0.2, 0) is 0 Å². The Balaban J connectivity index is 2.10. The van der Waals surface area contributed by atoms with Crippen molar-refractivity contribution in [2.24, 2.45) is 3.21 Å². The van der Waals surface area contributed by atoms with Crippen molar-refractivity contribution in [2.75, 3.05) is 0 Å². The number of nitrogens with zero attached hydrogens (tertiary/aromatic N) is 3. The molecule has 0 saturated heterocycles. The van der Waals surface area contributed by atoms with Crippen LogP contribution >= 0.6 is 0 Å². The van der Waals surface area contributed by atoms with Crippen molar-refractivity contribution < 1.29 is 9.31 Å². The van der Waals surface area contributed by atoms with Crippen LogP contribution in [0.4, 0.5) is 10.1 Å². The van der Waals surface area contributed by atoms with Gasteiger partial charge in [-0.15, -0.1) is 0 Å². The molecule has 1 aliphatic rings. The number of hydrogen-bond acceptors (Lipinski definition) is 4. The summed E-state index contributed by atoms with van der Waals surface area (Å²) in [6, 6.07) is 7.72. The van der Waals surface area contributed by atoms with Crippen LogP contribution in [-0.4, -0.2) is 37.0 Å². The van der Waals surface area contributed by atoms with E-state index in [1.165, 1.54) is 24.4 Å². The third kappa shape index (κ3) is 2.23. The van der Waals surface area contributed by atoms with Crippen LogP contribution in [0.25, 0.3) is 0 Å². The van der Waals surface area contributed by atoms with E-state index in [4.69, 9.17) is 0 Å². The second-order valence-corrected chi connectivity index (χ2v) is 6.74. The van der Waals surface area contributed by atoms with Crippen LogP contribution in [0.15, 0.2) is 39.7 Å². The molecule has 0 N–H and O–H groups in total. The molecule has 1 aromatic carbocycles. The molecular formula is C12H6FN3O2Sn. The third-order valence-corrected chi connectivity index (χ3v) is 5.65. The number of non-ortho nitro benzene ring substituents is 1. The molecule has 2 aromatic rings. The molecule has 1 aromatic heterocycles. The van der Waals surface area contributed by atoms with Gasteiger partial charge in [-0.1, -0.05) is 0 Å². The number of rotatable bonds is 2. The summed E-state index contributed by atoms with van der Waals surface area (Å²) in [6.07, 6.45) is 1.37. The number of nitro benzene ring substituents is 1. The molecular weight excluding hydrogens is 356 g/mol. The molecule has 0 aliphatic carbocycles. The second kappa shape index (κ2) is 4.69. The number of fused-ring (bicyclic) bond motifs is 1. The van der Waals surface area contributed by atoms with E-state index in [0.717, 1.165) is 9.14 Å². The van der Waals surface area contributed by atoms with E-state index in [0.29, 0.717) is 11.3 Å². The summed E-state index contributed by atoms with van der Waals surface area (Å²) in [5.41, 5.74) is 2.05. The van der Waals surface area contributed by atoms with E-state index < -0.39 is 32.3 Å². The monoisotopic (exact) mass is 363 g/mol. The molecule has 0 bridgehead atoms. The minimum absolute atomic E-state index is 0.0299. The Kier molecular flexibility index (Phi) is 3.01. The second-order valence-electron chi connectivity index (χ2n) is 3.93. The van der Waals surface area contributed by atoms with Crippen LogP contribution in [0.3, 0.4) is 0 Å². The number of benzene rings is 1. The van der Waals surface area contributed by atoms with E-state index >= 15 is 0 Å². The summed E-state index contributed by atoms with van der Waals surface area (Å²) in [6.45, 7) is 0. The summed E-state index contributed by atoms with van der Waals surface area (Å²) in [5.74, 6) is -0.579. The fourth-order valence-corrected chi connectivity index (χ4v) is 4.60. The van der Waals surface area contributed by atoms with Crippen molar-refractivity contribution in [3.63, 3.8) is 0 Å². The van der Waals surface area contributed by atoms with Gasteiger partial charge in [-0.3, -0.25) is 0 Å². The summed E-state index contributed by atoms with van der Waals surface area (Å²) in [5, 5.41) is 10.8. The molecule has 0 unspecified atom stereocenters. The number of aromatic nitrogens is 1. The van der Waals surface area contributed by atoms with E-state index in [9.17, 15) is 14.5 Å². The fraction of sp³-hybridized carbons (Fsp3) is 0. The molecule has 0 fully saturated rings. The molecule has 92 valence electrons. The minimum atomic E-state index is -1.12. The Morgan fingerprint density at radius 1 is 1.26 bits per heavy atom. The first-order valence-corrected chi connectivity index (χ1v) is 8.10. The Hall–Kier alpha value is -1.83. The van der Waals surface area contributed by atoms with Gasteiger partial charge in [0.25, 0.3) is 0 Å². The maximum atomic E-state index is 13.1. The first-order chi connectivity index (χ1) is 9.15. The SMILES string of the molecule is O=[N+]([O-])c1cc[c]2c(c1)C(c1ccnc(F)c1)=[N][Sn]2. The Bertz CT molecular complexity index is 718. The van der Waals surface area contributed by atoms with Crippen LogP contribution in [0, 0.1) is 16.1 Å². The molecule has 2 radical (unpaired) electrons. The van der Waals surface area contributed by atoms with Crippen LogP contribution < -0.4 is 3.58 Å². The first-order valence-electron chi connectivity index (χ1n) is 5.39. The fourth-order valence-electron chi connectivity index (χ4n) is 1.89. The molecule has 0 spiro atoms. The predicted octanol–water partition coefficient (Wildman–Crippen LogP) is 1.22. The van der Waals surface area contributed by atoms with Crippen molar-refractivity contribution in [3.05, 3.63) is 63.7 Å². The van der Waals surface area contributed by atoms with E-state index in [2.05, 4.69) is 8.20 Å². The normalized spacial score (nSPS) is 13.0. The standard InChI is InChI=1S/C12H6FN3O2.Sn/c13-11-7-9(4-5-15-11)12(14)8-2-1-3-10(6-8)16(17)18;/h1,3-7H;/q-1;+1. The quantitative estimate of drug-likeness (QED) is 0.349. The van der Waals surface area contributed by atoms with Gasteiger partial charge in [0.15, 0.2) is 0 Å². The molecule has 3 rings (SSSR count). The number of hydrogen-bond donors (Lipinski definition) is 0. The van der Waals surface area contributed by atoms with E-state index in [1.807, 2.05) is 0 Å². The van der Waals surface area contributed by atoms with Gasteiger partial charge in [-0.25, -0.2) is 0 Å². The average Bonchev–Trinajstić information content (AvgIpc) is 2.81. The number of nitro groups is 1. The zero-order valence-corrected chi connectivity index (χ0v) is 12.4. The predicted molar refractivity (Wildman–Crippen MR) is 68.3 cm³/mol. The van der Waals surface area contributed by atoms with Gasteiger partial charge < -0.3 is 0 Å². The van der Waals surface area contributed by atoms with Gasteiger partial charge in [-0.2, -0.15) is 0 Å². The zero-order valence-electron chi connectivity index (χ0n) is 9.50. The van der Waals surface area contributed by atoms with E-state index in [-0.39, 0.29) is 5.69 Å². The summed E-state index contributed by atoms with van der Waals surface area (Å²) < 4.78 is 18.7. The van der Waals surface area contributed by atoms with Gasteiger partial charge >= 0.3 is 118 Å². The van der Waals surface area contributed by atoms with Gasteiger partial charge in [0.2, 0.25) is 0 Å². The molecule has 0 amide bonds. The molecule has 0 saturated carbocycles. The van der Waals surface area contributed by atoms with Gasteiger partial charge in [0.1, 0.15) is 0 Å².